The molecule has 0 amide bonds. The predicted octanol–water partition coefficient (Wildman–Crippen LogP) is 5.02. The largest absolute Gasteiger partial charge is 0.508 e. The third-order valence-corrected chi connectivity index (χ3v) is 3.95. The van der Waals surface area contributed by atoms with Gasteiger partial charge in [0.2, 0.25) is 0 Å². The first kappa shape index (κ1) is 17.5. The summed E-state index contributed by atoms with van der Waals surface area (Å²) in [6, 6.07) is 17.7. The van der Waals surface area contributed by atoms with Crippen molar-refractivity contribution in [2.45, 2.75) is 20.0 Å². The molecular formula is C22H20O4. The zero-order valence-electron chi connectivity index (χ0n) is 14.5. The van der Waals surface area contributed by atoms with Crippen molar-refractivity contribution >= 4 is 11.9 Å². The first-order valence-electron chi connectivity index (χ1n) is 8.46. The molecule has 0 aliphatic carbocycles. The fraction of sp³-hybridized carbons (Fsp3) is 0.136. The van der Waals surface area contributed by atoms with Gasteiger partial charge < -0.3 is 14.3 Å². The number of phenols is 1. The van der Waals surface area contributed by atoms with Crippen LogP contribution in [0, 0.1) is 0 Å². The Bertz CT molecular complexity index is 887. The summed E-state index contributed by atoms with van der Waals surface area (Å²) in [6.07, 6.45) is 4.06. The van der Waals surface area contributed by atoms with Gasteiger partial charge in [0.25, 0.3) is 0 Å². The Labute approximate surface area is 152 Å². The maximum absolute atomic E-state index is 12.1. The maximum atomic E-state index is 12.1. The number of furan rings is 1. The SMILES string of the molecule is CCc1ccc(OCc2ccc(/C=C/C(=O)c3ccc(O)cc3)o2)cc1. The summed E-state index contributed by atoms with van der Waals surface area (Å²) < 4.78 is 11.4. The fourth-order valence-electron chi connectivity index (χ4n) is 2.42. The second-order valence-electron chi connectivity index (χ2n) is 5.83. The Morgan fingerprint density at radius 2 is 1.77 bits per heavy atom. The van der Waals surface area contributed by atoms with Gasteiger partial charge in [-0.25, -0.2) is 0 Å². The Morgan fingerprint density at radius 1 is 1.04 bits per heavy atom. The van der Waals surface area contributed by atoms with E-state index in [4.69, 9.17) is 9.15 Å². The molecule has 1 N–H and O–H groups in total. The van der Waals surface area contributed by atoms with Gasteiger partial charge in [0, 0.05) is 5.56 Å². The summed E-state index contributed by atoms with van der Waals surface area (Å²) in [4.78, 5) is 12.1. The first-order valence-corrected chi connectivity index (χ1v) is 8.46. The molecule has 132 valence electrons. The van der Waals surface area contributed by atoms with Gasteiger partial charge in [0.05, 0.1) is 0 Å². The molecule has 0 fully saturated rings. The monoisotopic (exact) mass is 348 g/mol. The quantitative estimate of drug-likeness (QED) is 0.481. The number of carbonyl (C=O) groups is 1. The number of aryl methyl sites for hydroxylation is 1. The van der Waals surface area contributed by atoms with E-state index in [9.17, 15) is 9.90 Å². The normalized spacial score (nSPS) is 11.0. The van der Waals surface area contributed by atoms with E-state index >= 15 is 0 Å². The lowest BCUT2D eigenvalue weighted by Crippen LogP contribution is -1.94. The Morgan fingerprint density at radius 3 is 2.46 bits per heavy atom. The number of hydrogen-bond acceptors (Lipinski definition) is 4. The van der Waals surface area contributed by atoms with Gasteiger partial charge in [-0.2, -0.15) is 0 Å². The minimum absolute atomic E-state index is 0.130. The molecule has 0 bridgehead atoms. The highest BCUT2D eigenvalue weighted by Gasteiger charge is 2.04. The van der Waals surface area contributed by atoms with Crippen LogP contribution in [0.4, 0.5) is 0 Å². The molecule has 1 aromatic heterocycles. The molecule has 0 saturated carbocycles. The minimum Gasteiger partial charge on any atom is -0.508 e. The number of rotatable bonds is 7. The van der Waals surface area contributed by atoms with Crippen molar-refractivity contribution in [1.29, 1.82) is 0 Å². The number of phenolic OH excluding ortho intramolecular Hbond substituents is 1. The summed E-state index contributed by atoms with van der Waals surface area (Å²) in [5.41, 5.74) is 1.77. The molecule has 2 aromatic carbocycles. The third-order valence-electron chi connectivity index (χ3n) is 3.95. The predicted molar refractivity (Wildman–Crippen MR) is 100 cm³/mol. The summed E-state index contributed by atoms with van der Waals surface area (Å²) in [6.45, 7) is 2.44. The van der Waals surface area contributed by atoms with Gasteiger partial charge in [-0.15, -0.1) is 0 Å². The average molecular weight is 348 g/mol. The lowest BCUT2D eigenvalue weighted by atomic mass is 10.1. The number of ketones is 1. The van der Waals surface area contributed by atoms with Crippen LogP contribution < -0.4 is 4.74 Å². The van der Waals surface area contributed by atoms with Crippen LogP contribution in [0.2, 0.25) is 0 Å². The van der Waals surface area contributed by atoms with Crippen LogP contribution >= 0.6 is 0 Å². The Kier molecular flexibility index (Phi) is 5.54. The van der Waals surface area contributed by atoms with Crippen molar-refractivity contribution < 1.29 is 19.1 Å². The molecule has 3 rings (SSSR count). The molecule has 0 aliphatic rings. The lowest BCUT2D eigenvalue weighted by molar-refractivity contribution is 0.104. The molecule has 4 nitrogen and oxygen atoms in total. The summed E-state index contributed by atoms with van der Waals surface area (Å²) >= 11 is 0. The van der Waals surface area contributed by atoms with Crippen molar-refractivity contribution in [3.8, 4) is 11.5 Å². The summed E-state index contributed by atoms with van der Waals surface area (Å²) in [7, 11) is 0. The second kappa shape index (κ2) is 8.21. The molecule has 0 radical (unpaired) electrons. The number of aromatic hydroxyl groups is 1. The lowest BCUT2D eigenvalue weighted by Gasteiger charge is -2.04. The number of allylic oxidation sites excluding steroid dienone is 1. The van der Waals surface area contributed by atoms with E-state index in [2.05, 4.69) is 6.92 Å². The zero-order chi connectivity index (χ0) is 18.4. The van der Waals surface area contributed by atoms with E-state index in [1.807, 2.05) is 30.3 Å². The van der Waals surface area contributed by atoms with E-state index in [0.29, 0.717) is 23.7 Å². The highest BCUT2D eigenvalue weighted by Crippen LogP contribution is 2.17. The summed E-state index contributed by atoms with van der Waals surface area (Å²) in [5, 5.41) is 9.25. The van der Waals surface area contributed by atoms with Gasteiger partial charge >= 0.3 is 0 Å². The molecule has 1 heterocycles. The minimum atomic E-state index is -0.157. The van der Waals surface area contributed by atoms with Crippen molar-refractivity contribution in [2.75, 3.05) is 0 Å². The van der Waals surface area contributed by atoms with E-state index in [1.165, 1.54) is 23.8 Å². The van der Waals surface area contributed by atoms with Crippen LogP contribution in [0.1, 0.15) is 34.4 Å². The first-order chi connectivity index (χ1) is 12.6. The topological polar surface area (TPSA) is 59.7 Å². The summed E-state index contributed by atoms with van der Waals surface area (Å²) in [5.74, 6) is 2.03. The Hall–Kier alpha value is -3.27. The van der Waals surface area contributed by atoms with E-state index in [1.54, 1.807) is 24.3 Å². The molecule has 0 atom stereocenters. The number of hydrogen-bond donors (Lipinski definition) is 1. The van der Waals surface area contributed by atoms with E-state index in [-0.39, 0.29) is 11.5 Å². The van der Waals surface area contributed by atoms with Crippen LogP contribution in [0.5, 0.6) is 11.5 Å². The average Bonchev–Trinajstić information content (AvgIpc) is 3.13. The van der Waals surface area contributed by atoms with Gasteiger partial charge in [0.1, 0.15) is 29.6 Å². The van der Waals surface area contributed by atoms with Gasteiger partial charge in [-0.05, 0) is 72.7 Å². The number of ether oxygens (including phenoxy) is 1. The van der Waals surface area contributed by atoms with Crippen molar-refractivity contribution in [3.63, 3.8) is 0 Å². The molecule has 0 spiro atoms. The molecule has 3 aromatic rings. The van der Waals surface area contributed by atoms with Gasteiger partial charge in [-0.1, -0.05) is 19.1 Å². The Balaban J connectivity index is 1.56. The molecule has 0 aliphatic heterocycles. The molecular weight excluding hydrogens is 328 g/mol. The van der Waals surface area contributed by atoms with Crippen molar-refractivity contribution in [2.24, 2.45) is 0 Å². The van der Waals surface area contributed by atoms with E-state index < -0.39 is 0 Å². The fourth-order valence-corrected chi connectivity index (χ4v) is 2.42. The van der Waals surface area contributed by atoms with Crippen LogP contribution in [0.25, 0.3) is 6.08 Å². The standard InChI is InChI=1S/C22H20O4/c1-2-16-3-9-19(10-4-16)25-15-21-12-11-20(26-21)13-14-22(24)17-5-7-18(23)8-6-17/h3-14,23H,2,15H2,1H3/b14-13+. The molecule has 4 heteroatoms. The second-order valence-corrected chi connectivity index (χ2v) is 5.83. The number of carbonyl (C=O) groups excluding carboxylic acids is 1. The van der Waals surface area contributed by atoms with Crippen LogP contribution in [-0.2, 0) is 13.0 Å². The van der Waals surface area contributed by atoms with Crippen LogP contribution in [0.3, 0.4) is 0 Å². The molecule has 0 unspecified atom stereocenters. The van der Waals surface area contributed by atoms with E-state index in [0.717, 1.165) is 12.2 Å². The van der Waals surface area contributed by atoms with Crippen molar-refractivity contribution in [3.05, 3.63) is 89.4 Å². The van der Waals surface area contributed by atoms with Gasteiger partial charge in [-0.3, -0.25) is 4.79 Å². The van der Waals surface area contributed by atoms with Crippen LogP contribution in [-0.4, -0.2) is 10.9 Å². The third kappa shape index (κ3) is 4.63. The maximum Gasteiger partial charge on any atom is 0.185 e. The number of benzene rings is 2. The molecule has 0 saturated heterocycles. The highest BCUT2D eigenvalue weighted by molar-refractivity contribution is 6.06. The highest BCUT2D eigenvalue weighted by atomic mass is 16.5. The van der Waals surface area contributed by atoms with Crippen LogP contribution in [0.15, 0.2) is 71.2 Å². The smallest absolute Gasteiger partial charge is 0.185 e. The van der Waals surface area contributed by atoms with Gasteiger partial charge in [0.15, 0.2) is 5.78 Å². The zero-order valence-corrected chi connectivity index (χ0v) is 14.5. The molecule has 26 heavy (non-hydrogen) atoms. The van der Waals surface area contributed by atoms with Crippen molar-refractivity contribution in [1.82, 2.24) is 0 Å².